The fourth-order valence-electron chi connectivity index (χ4n) is 4.48. The number of hydrogen-bond donors (Lipinski definition) is 1. The molecule has 0 spiro atoms. The van der Waals surface area contributed by atoms with E-state index in [0.717, 1.165) is 18.2 Å². The monoisotopic (exact) mass is 478 g/mol. The highest BCUT2D eigenvalue weighted by molar-refractivity contribution is 6.00. The summed E-state index contributed by atoms with van der Waals surface area (Å²) >= 11 is 0. The van der Waals surface area contributed by atoms with Crippen LogP contribution in [0.4, 0.5) is 27.8 Å². The van der Waals surface area contributed by atoms with Crippen molar-refractivity contribution in [1.82, 2.24) is 14.9 Å². The van der Waals surface area contributed by atoms with E-state index in [9.17, 15) is 26.7 Å². The maximum Gasteiger partial charge on any atom is 0.417 e. The van der Waals surface area contributed by atoms with Gasteiger partial charge in [-0.1, -0.05) is 6.58 Å². The van der Waals surface area contributed by atoms with E-state index < -0.39 is 40.2 Å². The quantitative estimate of drug-likeness (QED) is 0.563. The van der Waals surface area contributed by atoms with E-state index >= 15 is 0 Å². The molecular weight excluding hydrogens is 459 g/mol. The molecule has 178 valence electrons. The topological polar surface area (TPSA) is 59.4 Å². The molecule has 3 aromatic rings. The van der Waals surface area contributed by atoms with Gasteiger partial charge in [0.2, 0.25) is 0 Å². The maximum atomic E-state index is 14.8. The highest BCUT2D eigenvalue weighted by Gasteiger charge is 2.39. The van der Waals surface area contributed by atoms with Crippen LogP contribution < -0.4 is 20.6 Å². The van der Waals surface area contributed by atoms with Crippen molar-refractivity contribution in [3.8, 4) is 16.9 Å². The smallest absolute Gasteiger partial charge is 0.417 e. The van der Waals surface area contributed by atoms with Crippen LogP contribution in [0.3, 0.4) is 0 Å². The number of rotatable bonds is 2. The lowest BCUT2D eigenvalue weighted by Gasteiger charge is -2.31. The zero-order chi connectivity index (χ0) is 24.2. The van der Waals surface area contributed by atoms with Crippen molar-refractivity contribution in [3.63, 3.8) is 0 Å². The van der Waals surface area contributed by atoms with E-state index in [0.29, 0.717) is 31.3 Å². The van der Waals surface area contributed by atoms with Crippen LogP contribution in [-0.4, -0.2) is 35.8 Å². The van der Waals surface area contributed by atoms with Crippen LogP contribution in [0.1, 0.15) is 12.0 Å². The van der Waals surface area contributed by atoms with E-state index in [1.165, 1.54) is 4.57 Å². The molecule has 1 fully saturated rings. The van der Waals surface area contributed by atoms with Gasteiger partial charge in [-0.3, -0.25) is 4.57 Å². The molecule has 2 aromatic carbocycles. The minimum absolute atomic E-state index is 0.00706. The summed E-state index contributed by atoms with van der Waals surface area (Å²) in [4.78, 5) is 18.8. The second-order valence-corrected chi connectivity index (χ2v) is 8.17. The third kappa shape index (κ3) is 3.64. The molecule has 0 aliphatic carbocycles. The van der Waals surface area contributed by atoms with Gasteiger partial charge < -0.3 is 15.0 Å². The van der Waals surface area contributed by atoms with Crippen LogP contribution in [0.2, 0.25) is 0 Å². The van der Waals surface area contributed by atoms with Gasteiger partial charge in [0.25, 0.3) is 0 Å². The highest BCUT2D eigenvalue weighted by Crippen LogP contribution is 2.48. The molecular formula is C23H19F5N4O2. The van der Waals surface area contributed by atoms with Gasteiger partial charge in [0.05, 0.1) is 24.2 Å². The Kier molecular flexibility index (Phi) is 5.22. The van der Waals surface area contributed by atoms with Crippen LogP contribution in [0.25, 0.3) is 22.0 Å². The SMILES string of the molecule is C=C1CN(c2nc(=O)n3c4c(c(-c5ccc(F)cc5F)c(C(F)(F)F)cc24)OCCC3)CCN1. The molecule has 1 aromatic heterocycles. The summed E-state index contributed by atoms with van der Waals surface area (Å²) in [5.41, 5.74) is -2.13. The van der Waals surface area contributed by atoms with Gasteiger partial charge in [0.15, 0.2) is 5.75 Å². The first-order valence-corrected chi connectivity index (χ1v) is 10.6. The van der Waals surface area contributed by atoms with Crippen molar-refractivity contribution >= 4 is 16.7 Å². The van der Waals surface area contributed by atoms with Gasteiger partial charge in [0.1, 0.15) is 17.5 Å². The Bertz CT molecular complexity index is 1380. The summed E-state index contributed by atoms with van der Waals surface area (Å²) in [5, 5.41) is 3.11. The van der Waals surface area contributed by atoms with Crippen LogP contribution in [-0.2, 0) is 12.7 Å². The number of piperazine rings is 1. The third-order valence-corrected chi connectivity index (χ3v) is 5.91. The Morgan fingerprint density at radius 3 is 2.65 bits per heavy atom. The molecule has 6 nitrogen and oxygen atoms in total. The number of aromatic nitrogens is 2. The lowest BCUT2D eigenvalue weighted by atomic mass is 9.94. The lowest BCUT2D eigenvalue weighted by Crippen LogP contribution is -2.43. The van der Waals surface area contributed by atoms with E-state index in [2.05, 4.69) is 16.9 Å². The Labute approximate surface area is 190 Å². The maximum absolute atomic E-state index is 14.8. The molecule has 1 N–H and O–H groups in total. The molecule has 2 aliphatic heterocycles. The molecule has 0 amide bonds. The fourth-order valence-corrected chi connectivity index (χ4v) is 4.48. The van der Waals surface area contributed by atoms with Gasteiger partial charge in [-0.05, 0) is 24.6 Å². The molecule has 34 heavy (non-hydrogen) atoms. The molecule has 0 bridgehead atoms. The normalized spacial score (nSPS) is 16.3. The lowest BCUT2D eigenvalue weighted by molar-refractivity contribution is -0.137. The number of benzene rings is 2. The van der Waals surface area contributed by atoms with Gasteiger partial charge in [-0.15, -0.1) is 0 Å². The summed E-state index contributed by atoms with van der Waals surface area (Å²) in [7, 11) is 0. The molecule has 0 unspecified atom stereocenters. The van der Waals surface area contributed by atoms with Crippen molar-refractivity contribution in [2.24, 2.45) is 0 Å². The van der Waals surface area contributed by atoms with Gasteiger partial charge in [-0.25, -0.2) is 13.6 Å². The van der Waals surface area contributed by atoms with Crippen molar-refractivity contribution in [3.05, 3.63) is 64.2 Å². The van der Waals surface area contributed by atoms with Crippen LogP contribution >= 0.6 is 0 Å². The Balaban J connectivity index is 1.92. The summed E-state index contributed by atoms with van der Waals surface area (Å²) < 4.78 is 78.4. The third-order valence-electron chi connectivity index (χ3n) is 5.91. The summed E-state index contributed by atoms with van der Waals surface area (Å²) in [5.74, 6) is -2.30. The zero-order valence-electron chi connectivity index (χ0n) is 17.8. The summed E-state index contributed by atoms with van der Waals surface area (Å²) in [6.45, 7) is 5.14. The average Bonchev–Trinajstić information content (AvgIpc) is 2.99. The van der Waals surface area contributed by atoms with Gasteiger partial charge >= 0.3 is 11.9 Å². The van der Waals surface area contributed by atoms with E-state index in [1.54, 1.807) is 4.90 Å². The molecule has 0 saturated carbocycles. The number of nitrogens with one attached hydrogen (secondary N) is 1. The first-order valence-electron chi connectivity index (χ1n) is 10.6. The van der Waals surface area contributed by atoms with Crippen molar-refractivity contribution in [2.75, 3.05) is 31.1 Å². The average molecular weight is 478 g/mol. The number of ether oxygens (including phenoxy) is 1. The highest BCUT2D eigenvalue weighted by atomic mass is 19.4. The second-order valence-electron chi connectivity index (χ2n) is 8.17. The second kappa shape index (κ2) is 8.00. The Morgan fingerprint density at radius 2 is 1.94 bits per heavy atom. The largest absolute Gasteiger partial charge is 0.491 e. The number of hydrogen-bond acceptors (Lipinski definition) is 5. The van der Waals surface area contributed by atoms with Gasteiger partial charge in [0, 0.05) is 47.9 Å². The Morgan fingerprint density at radius 1 is 1.15 bits per heavy atom. The van der Waals surface area contributed by atoms with E-state index in [1.807, 2.05) is 0 Å². The minimum atomic E-state index is -4.90. The molecule has 11 heteroatoms. The molecule has 3 heterocycles. The van der Waals surface area contributed by atoms with Crippen molar-refractivity contribution in [1.29, 1.82) is 0 Å². The van der Waals surface area contributed by atoms with Crippen LogP contribution in [0, 0.1) is 11.6 Å². The molecule has 0 radical (unpaired) electrons. The van der Waals surface area contributed by atoms with Crippen LogP contribution in [0.15, 0.2) is 41.3 Å². The Hall–Kier alpha value is -3.63. The molecule has 5 rings (SSSR count). The standard InChI is InChI=1S/C23H19F5N4O2/c1-12-11-31(7-5-29-12)21-15-10-16(23(26,27)28)18(14-4-3-13(24)9-17(14)25)20-19(15)32(22(33)30-21)6-2-8-34-20/h3-4,9-10,29H,1-2,5-8,11H2. The summed E-state index contributed by atoms with van der Waals surface area (Å²) in [6, 6.07) is 3.20. The predicted octanol–water partition coefficient (Wildman–Crippen LogP) is 4.07. The summed E-state index contributed by atoms with van der Waals surface area (Å²) in [6.07, 6.45) is -4.57. The number of aryl methyl sites for hydroxylation is 1. The molecule has 1 saturated heterocycles. The zero-order valence-corrected chi connectivity index (χ0v) is 17.8. The number of anilines is 1. The number of alkyl halides is 3. The predicted molar refractivity (Wildman–Crippen MR) is 116 cm³/mol. The van der Waals surface area contributed by atoms with E-state index in [4.69, 9.17) is 4.74 Å². The first-order chi connectivity index (χ1) is 16.1. The van der Waals surface area contributed by atoms with Crippen molar-refractivity contribution < 1.29 is 26.7 Å². The molecule has 2 aliphatic rings. The molecule has 0 atom stereocenters. The first kappa shape index (κ1) is 22.2. The van der Waals surface area contributed by atoms with Crippen molar-refractivity contribution in [2.45, 2.75) is 19.1 Å². The fraction of sp³-hybridized carbons (Fsp3) is 0.304. The minimum Gasteiger partial charge on any atom is -0.491 e. The number of nitrogens with zero attached hydrogens (tertiary/aromatic N) is 3. The van der Waals surface area contributed by atoms with E-state index in [-0.39, 0.29) is 42.2 Å². The van der Waals surface area contributed by atoms with Gasteiger partial charge in [-0.2, -0.15) is 18.2 Å². The van der Waals surface area contributed by atoms with Crippen LogP contribution in [0.5, 0.6) is 5.75 Å². The number of halogens is 5.